The molecule has 1 fully saturated rings. The number of aliphatic hydroxyl groups excluding tert-OH is 1. The first kappa shape index (κ1) is 13.5. The number of aliphatic carboxylic acids is 1. The number of carboxylic acid groups (broad SMARTS) is 1. The van der Waals surface area contributed by atoms with Crippen LogP contribution in [0.3, 0.4) is 0 Å². The van der Waals surface area contributed by atoms with Crippen LogP contribution in [0.1, 0.15) is 24.8 Å². The Hall–Kier alpha value is -1.88. The second-order valence-corrected chi connectivity index (χ2v) is 4.85. The summed E-state index contributed by atoms with van der Waals surface area (Å²) in [7, 11) is 0. The van der Waals surface area contributed by atoms with Gasteiger partial charge in [0, 0.05) is 13.0 Å². The van der Waals surface area contributed by atoms with E-state index >= 15 is 0 Å². The minimum Gasteiger partial charge on any atom is -0.479 e. The van der Waals surface area contributed by atoms with Crippen molar-refractivity contribution in [3.8, 4) is 0 Å². The zero-order valence-corrected chi connectivity index (χ0v) is 10.5. The van der Waals surface area contributed by atoms with Crippen LogP contribution >= 0.6 is 0 Å². The van der Waals surface area contributed by atoms with E-state index in [0.29, 0.717) is 0 Å². The number of hydrogen-bond donors (Lipinski definition) is 3. The molecule has 1 aliphatic carbocycles. The summed E-state index contributed by atoms with van der Waals surface area (Å²) in [5.74, 6) is -1.35. The molecule has 0 radical (unpaired) electrons. The molecule has 2 rings (SSSR count). The van der Waals surface area contributed by atoms with E-state index in [1.54, 1.807) is 0 Å². The van der Waals surface area contributed by atoms with Crippen molar-refractivity contribution >= 4 is 11.9 Å². The van der Waals surface area contributed by atoms with Crippen LogP contribution in [0.15, 0.2) is 30.3 Å². The lowest BCUT2D eigenvalue weighted by Crippen LogP contribution is -2.37. The van der Waals surface area contributed by atoms with Crippen LogP contribution in [-0.4, -0.2) is 34.7 Å². The van der Waals surface area contributed by atoms with E-state index in [9.17, 15) is 9.59 Å². The predicted molar refractivity (Wildman–Crippen MR) is 68.6 cm³/mol. The summed E-state index contributed by atoms with van der Waals surface area (Å²) in [6.45, 7) is 0.168. The number of nitrogens with one attached hydrogen (secondary N) is 1. The Labute approximate surface area is 111 Å². The third-order valence-corrected chi connectivity index (χ3v) is 3.50. The maximum Gasteiger partial charge on any atom is 0.332 e. The molecule has 1 aromatic carbocycles. The molecule has 0 spiro atoms. The van der Waals surface area contributed by atoms with Gasteiger partial charge in [-0.2, -0.15) is 0 Å². The molecule has 0 bridgehead atoms. The zero-order chi connectivity index (χ0) is 13.9. The van der Waals surface area contributed by atoms with E-state index < -0.39 is 17.5 Å². The molecule has 5 heteroatoms. The average Bonchev–Trinajstić information content (AvgIpc) is 3.21. The van der Waals surface area contributed by atoms with E-state index in [2.05, 4.69) is 5.32 Å². The van der Waals surface area contributed by atoms with Crippen LogP contribution < -0.4 is 5.32 Å². The van der Waals surface area contributed by atoms with Gasteiger partial charge in [0.25, 0.3) is 0 Å². The molecule has 1 aromatic rings. The molecule has 1 aliphatic rings. The number of aliphatic hydroxyl groups is 1. The van der Waals surface area contributed by atoms with Crippen LogP contribution in [0.4, 0.5) is 0 Å². The molecule has 102 valence electrons. The standard InChI is InChI=1S/C14H17NO4/c16-11(12(17)18)6-9-15-13(19)14(7-8-14)10-4-2-1-3-5-10/h1-5,11,16H,6-9H2,(H,15,19)(H,17,18). The lowest BCUT2D eigenvalue weighted by atomic mass is 9.95. The molecular formula is C14H17NO4. The molecule has 19 heavy (non-hydrogen) atoms. The molecule has 3 N–H and O–H groups in total. The number of carboxylic acids is 1. The highest BCUT2D eigenvalue weighted by Gasteiger charge is 2.50. The summed E-state index contributed by atoms with van der Waals surface area (Å²) in [6, 6.07) is 9.56. The Balaban J connectivity index is 1.89. The van der Waals surface area contributed by atoms with Crippen molar-refractivity contribution in [2.75, 3.05) is 6.54 Å². The first-order valence-electron chi connectivity index (χ1n) is 6.31. The fourth-order valence-electron chi connectivity index (χ4n) is 2.14. The van der Waals surface area contributed by atoms with E-state index in [1.165, 1.54) is 0 Å². The Morgan fingerprint density at radius 1 is 1.26 bits per heavy atom. The summed E-state index contributed by atoms with van der Waals surface area (Å²) in [5.41, 5.74) is 0.543. The summed E-state index contributed by atoms with van der Waals surface area (Å²) >= 11 is 0. The van der Waals surface area contributed by atoms with Gasteiger partial charge in [-0.1, -0.05) is 30.3 Å². The predicted octanol–water partition coefficient (Wildman–Crippen LogP) is 0.670. The van der Waals surface area contributed by atoms with Crippen molar-refractivity contribution in [2.45, 2.75) is 30.8 Å². The molecule has 1 unspecified atom stereocenters. The largest absolute Gasteiger partial charge is 0.479 e. The van der Waals surface area contributed by atoms with E-state index in [4.69, 9.17) is 10.2 Å². The van der Waals surface area contributed by atoms with Gasteiger partial charge in [0.1, 0.15) is 0 Å². The van der Waals surface area contributed by atoms with Crippen molar-refractivity contribution in [3.63, 3.8) is 0 Å². The fourth-order valence-corrected chi connectivity index (χ4v) is 2.14. The molecule has 0 aliphatic heterocycles. The first-order valence-corrected chi connectivity index (χ1v) is 6.31. The van der Waals surface area contributed by atoms with Gasteiger partial charge in [-0.3, -0.25) is 4.79 Å². The third kappa shape index (κ3) is 2.93. The fraction of sp³-hybridized carbons (Fsp3) is 0.429. The summed E-state index contributed by atoms with van der Waals surface area (Å²) in [4.78, 5) is 22.6. The van der Waals surface area contributed by atoms with Gasteiger partial charge in [-0.25, -0.2) is 4.79 Å². The van der Waals surface area contributed by atoms with Crippen LogP contribution in [0.5, 0.6) is 0 Å². The highest BCUT2D eigenvalue weighted by Crippen LogP contribution is 2.48. The smallest absolute Gasteiger partial charge is 0.332 e. The number of benzene rings is 1. The van der Waals surface area contributed by atoms with E-state index in [0.717, 1.165) is 18.4 Å². The quantitative estimate of drug-likeness (QED) is 0.704. The van der Waals surface area contributed by atoms with Crippen molar-refractivity contribution in [1.29, 1.82) is 0 Å². The number of amides is 1. The van der Waals surface area contributed by atoms with Crippen LogP contribution in [0.25, 0.3) is 0 Å². The van der Waals surface area contributed by atoms with Crippen LogP contribution in [0.2, 0.25) is 0 Å². The number of carbonyl (C=O) groups is 2. The van der Waals surface area contributed by atoms with Gasteiger partial charge >= 0.3 is 5.97 Å². The van der Waals surface area contributed by atoms with Crippen molar-refractivity contribution in [3.05, 3.63) is 35.9 Å². The van der Waals surface area contributed by atoms with Crippen molar-refractivity contribution in [2.24, 2.45) is 0 Å². The van der Waals surface area contributed by atoms with Gasteiger partial charge in [0.2, 0.25) is 5.91 Å². The Morgan fingerprint density at radius 3 is 2.42 bits per heavy atom. The van der Waals surface area contributed by atoms with E-state index in [1.807, 2.05) is 30.3 Å². The maximum absolute atomic E-state index is 12.1. The first-order chi connectivity index (χ1) is 9.06. The maximum atomic E-state index is 12.1. The molecular weight excluding hydrogens is 246 g/mol. The topological polar surface area (TPSA) is 86.6 Å². The van der Waals surface area contributed by atoms with Crippen LogP contribution in [-0.2, 0) is 15.0 Å². The van der Waals surface area contributed by atoms with Gasteiger partial charge in [0.05, 0.1) is 5.41 Å². The Bertz CT molecular complexity index is 468. The van der Waals surface area contributed by atoms with E-state index in [-0.39, 0.29) is 18.9 Å². The lowest BCUT2D eigenvalue weighted by molar-refractivity contribution is -0.147. The lowest BCUT2D eigenvalue weighted by Gasteiger charge is -2.16. The Morgan fingerprint density at radius 2 is 1.89 bits per heavy atom. The summed E-state index contributed by atoms with van der Waals surface area (Å²) < 4.78 is 0. The SMILES string of the molecule is O=C(O)C(O)CCNC(=O)C1(c2ccccc2)CC1. The Kier molecular flexibility index (Phi) is 3.85. The average molecular weight is 263 g/mol. The minimum atomic E-state index is -1.42. The molecule has 0 aromatic heterocycles. The monoisotopic (exact) mass is 263 g/mol. The third-order valence-electron chi connectivity index (χ3n) is 3.50. The zero-order valence-electron chi connectivity index (χ0n) is 10.5. The number of carbonyl (C=O) groups excluding carboxylic acids is 1. The number of rotatable bonds is 6. The van der Waals surface area contributed by atoms with Gasteiger partial charge < -0.3 is 15.5 Å². The molecule has 0 saturated heterocycles. The number of hydrogen-bond acceptors (Lipinski definition) is 3. The summed E-state index contributed by atoms with van der Waals surface area (Å²) in [6.07, 6.45) is 0.216. The molecule has 1 saturated carbocycles. The van der Waals surface area contributed by atoms with Gasteiger partial charge in [0.15, 0.2) is 6.10 Å². The molecule has 0 heterocycles. The minimum absolute atomic E-state index is 0.0198. The second kappa shape index (κ2) is 5.40. The van der Waals surface area contributed by atoms with Crippen molar-refractivity contribution < 1.29 is 19.8 Å². The van der Waals surface area contributed by atoms with Crippen molar-refractivity contribution in [1.82, 2.24) is 5.32 Å². The highest BCUT2D eigenvalue weighted by atomic mass is 16.4. The van der Waals surface area contributed by atoms with Crippen LogP contribution in [0, 0.1) is 0 Å². The second-order valence-electron chi connectivity index (χ2n) is 4.85. The molecule has 1 amide bonds. The summed E-state index contributed by atoms with van der Waals surface area (Å²) in [5, 5.41) is 20.4. The van der Waals surface area contributed by atoms with Gasteiger partial charge in [-0.05, 0) is 18.4 Å². The molecule has 1 atom stereocenters. The normalized spacial score (nSPS) is 17.5. The van der Waals surface area contributed by atoms with Gasteiger partial charge in [-0.15, -0.1) is 0 Å². The molecule has 5 nitrogen and oxygen atoms in total. The highest BCUT2D eigenvalue weighted by molar-refractivity contribution is 5.91.